The summed E-state index contributed by atoms with van der Waals surface area (Å²) in [4.78, 5) is 46.0. The molecule has 0 radical (unpaired) electrons. The van der Waals surface area contributed by atoms with Crippen molar-refractivity contribution in [3.05, 3.63) is 103 Å². The molecule has 10 heteroatoms. The summed E-state index contributed by atoms with van der Waals surface area (Å²) in [5, 5.41) is 1.51. The lowest BCUT2D eigenvalue weighted by molar-refractivity contribution is -0.123. The van der Waals surface area contributed by atoms with E-state index in [0.717, 1.165) is 27.5 Å². The molecular formula is C33H27ClN2O5S2. The van der Waals surface area contributed by atoms with E-state index < -0.39 is 5.92 Å². The molecule has 0 spiro atoms. The first kappa shape index (κ1) is 27.0. The van der Waals surface area contributed by atoms with Crippen LogP contribution in [0.5, 0.6) is 11.5 Å². The zero-order valence-corrected chi connectivity index (χ0v) is 25.5. The van der Waals surface area contributed by atoms with E-state index in [1.165, 1.54) is 16.2 Å². The number of H-pyrrole nitrogens is 1. The van der Waals surface area contributed by atoms with Gasteiger partial charge >= 0.3 is 4.87 Å². The summed E-state index contributed by atoms with van der Waals surface area (Å²) in [6, 6.07) is 22.7. The average molecular weight is 631 g/mol. The van der Waals surface area contributed by atoms with Gasteiger partial charge in [-0.3, -0.25) is 19.3 Å². The lowest BCUT2D eigenvalue weighted by Gasteiger charge is -2.43. The Balaban J connectivity index is 1.19. The van der Waals surface area contributed by atoms with Gasteiger partial charge in [-0.25, -0.2) is 0 Å². The molecule has 3 fully saturated rings. The van der Waals surface area contributed by atoms with Crippen LogP contribution in [0.25, 0.3) is 0 Å². The zero-order valence-electron chi connectivity index (χ0n) is 23.1. The molecule has 2 aliphatic carbocycles. The molecule has 4 aromatic rings. The minimum Gasteiger partial charge on any atom is -0.497 e. The SMILES string of the molecule is COc1ccc(N2C(=O)[C@H]3[C@H]4C[C@@H]([C@@H]3C2=O)[C@H]2[C@H](c3cc(Cl)ccc3OCc3ccccc3)c3sc(=O)[nH]c3S[C@H]42)cc1. The maximum absolute atomic E-state index is 14.1. The van der Waals surface area contributed by atoms with E-state index in [4.69, 9.17) is 21.1 Å². The number of aromatic nitrogens is 1. The molecule has 1 N–H and O–H groups in total. The minimum absolute atomic E-state index is 0.0106. The van der Waals surface area contributed by atoms with Gasteiger partial charge in [-0.15, -0.1) is 11.8 Å². The van der Waals surface area contributed by atoms with Crippen LogP contribution in [0.15, 0.2) is 82.6 Å². The van der Waals surface area contributed by atoms with Crippen molar-refractivity contribution < 1.29 is 19.1 Å². The molecule has 218 valence electrons. The Morgan fingerprint density at radius 3 is 2.44 bits per heavy atom. The normalized spacial score (nSPS) is 28.5. The fraction of sp³-hybridized carbons (Fsp3) is 0.303. The summed E-state index contributed by atoms with van der Waals surface area (Å²) in [5.74, 6) is 0.230. The average Bonchev–Trinajstić information content (AvgIpc) is 3.76. The third-order valence-corrected chi connectivity index (χ3v) is 12.4. The van der Waals surface area contributed by atoms with Crippen LogP contribution in [-0.2, 0) is 16.2 Å². The number of nitrogens with one attached hydrogen (secondary N) is 1. The van der Waals surface area contributed by atoms with Crippen molar-refractivity contribution in [2.24, 2.45) is 29.6 Å². The number of hydrogen-bond acceptors (Lipinski definition) is 7. The number of carbonyl (C=O) groups excluding carboxylic acids is 2. The summed E-state index contributed by atoms with van der Waals surface area (Å²) in [6.45, 7) is 0.391. The van der Waals surface area contributed by atoms with Crippen molar-refractivity contribution in [1.82, 2.24) is 4.98 Å². The van der Waals surface area contributed by atoms with Crippen molar-refractivity contribution in [3.63, 3.8) is 0 Å². The first-order chi connectivity index (χ1) is 20.9. The quantitative estimate of drug-likeness (QED) is 0.250. The van der Waals surface area contributed by atoms with Crippen molar-refractivity contribution in [2.75, 3.05) is 12.0 Å². The van der Waals surface area contributed by atoms with Crippen LogP contribution < -0.4 is 19.2 Å². The number of benzene rings is 3. The Morgan fingerprint density at radius 2 is 1.70 bits per heavy atom. The largest absolute Gasteiger partial charge is 0.497 e. The molecule has 3 heterocycles. The van der Waals surface area contributed by atoms with Gasteiger partial charge in [-0.1, -0.05) is 53.3 Å². The molecule has 43 heavy (non-hydrogen) atoms. The van der Waals surface area contributed by atoms with E-state index in [1.807, 2.05) is 48.5 Å². The molecule has 4 aliphatic rings. The molecule has 7 nitrogen and oxygen atoms in total. The molecule has 3 aromatic carbocycles. The van der Waals surface area contributed by atoms with Crippen molar-refractivity contribution in [3.8, 4) is 11.5 Å². The second kappa shape index (κ2) is 10.3. The molecule has 2 saturated carbocycles. The van der Waals surface area contributed by atoms with Crippen molar-refractivity contribution in [2.45, 2.75) is 29.2 Å². The third-order valence-electron chi connectivity index (χ3n) is 9.60. The fourth-order valence-corrected chi connectivity index (χ4v) is 11.0. The Bertz CT molecular complexity index is 1810. The number of amides is 2. The Kier molecular flexibility index (Phi) is 6.47. The molecular weight excluding hydrogens is 604 g/mol. The lowest BCUT2D eigenvalue weighted by atomic mass is 9.68. The van der Waals surface area contributed by atoms with Gasteiger partial charge in [0.25, 0.3) is 0 Å². The standard InChI is InChI=1S/C33H27ClN2O5S2/c1-40-19-10-8-18(9-11-19)36-31(37)26-21-14-22(27(26)32(36)38)28-25(21)24(29-30(42-28)35-33(39)43-29)20-13-17(34)7-12-23(20)41-15-16-5-3-2-4-6-16/h2-13,21-22,24-28H,14-15H2,1H3,(H,35,39)/t21-,22-,24+,25+,26+,27+,28-/m1/s1. The Labute approximate surface area is 261 Å². The molecule has 1 aromatic heterocycles. The predicted octanol–water partition coefficient (Wildman–Crippen LogP) is 6.36. The second-order valence-electron chi connectivity index (χ2n) is 11.6. The first-order valence-electron chi connectivity index (χ1n) is 14.3. The summed E-state index contributed by atoms with van der Waals surface area (Å²) in [6.07, 6.45) is 0.808. The number of carbonyl (C=O) groups is 2. The van der Waals surface area contributed by atoms with Crippen LogP contribution in [-0.4, -0.2) is 29.2 Å². The van der Waals surface area contributed by atoms with Crippen LogP contribution in [0.3, 0.4) is 0 Å². The van der Waals surface area contributed by atoms with Gasteiger partial charge in [0.05, 0.1) is 29.7 Å². The predicted molar refractivity (Wildman–Crippen MR) is 166 cm³/mol. The van der Waals surface area contributed by atoms with Crippen molar-refractivity contribution in [1.29, 1.82) is 0 Å². The third kappa shape index (κ3) is 4.19. The molecule has 2 aliphatic heterocycles. The first-order valence-corrected chi connectivity index (χ1v) is 16.4. The maximum Gasteiger partial charge on any atom is 0.305 e. The monoisotopic (exact) mass is 630 g/mol. The van der Waals surface area contributed by atoms with Gasteiger partial charge < -0.3 is 14.5 Å². The number of hydrogen-bond donors (Lipinski definition) is 1. The fourth-order valence-electron chi connectivity index (χ4n) is 7.98. The summed E-state index contributed by atoms with van der Waals surface area (Å²) in [7, 11) is 1.59. The number of thioether (sulfide) groups is 1. The number of rotatable bonds is 6. The molecule has 8 rings (SSSR count). The lowest BCUT2D eigenvalue weighted by Crippen LogP contribution is -2.42. The van der Waals surface area contributed by atoms with E-state index in [-0.39, 0.29) is 51.5 Å². The van der Waals surface area contributed by atoms with E-state index in [9.17, 15) is 14.4 Å². The van der Waals surface area contributed by atoms with Crippen LogP contribution in [0.2, 0.25) is 5.02 Å². The zero-order chi connectivity index (χ0) is 29.4. The van der Waals surface area contributed by atoms with Crippen LogP contribution in [0, 0.1) is 29.6 Å². The molecule has 1 saturated heterocycles. The minimum atomic E-state index is -0.394. The van der Waals surface area contributed by atoms with Gasteiger partial charge in [0.15, 0.2) is 0 Å². The van der Waals surface area contributed by atoms with Gasteiger partial charge in [-0.2, -0.15) is 0 Å². The second-order valence-corrected chi connectivity index (χ2v) is 14.3. The number of aromatic amines is 1. The van der Waals surface area contributed by atoms with Gasteiger partial charge in [0, 0.05) is 26.6 Å². The van der Waals surface area contributed by atoms with Crippen LogP contribution >= 0.6 is 34.7 Å². The van der Waals surface area contributed by atoms with E-state index in [2.05, 4.69) is 4.98 Å². The molecule has 0 unspecified atom stereocenters. The van der Waals surface area contributed by atoms with Gasteiger partial charge in [0.1, 0.15) is 18.1 Å². The highest BCUT2D eigenvalue weighted by Gasteiger charge is 2.69. The Hall–Kier alpha value is -3.53. The van der Waals surface area contributed by atoms with E-state index >= 15 is 0 Å². The highest BCUT2D eigenvalue weighted by Crippen LogP contribution is 2.69. The van der Waals surface area contributed by atoms with Gasteiger partial charge in [0.2, 0.25) is 11.8 Å². The van der Waals surface area contributed by atoms with Crippen LogP contribution in [0.1, 0.15) is 28.3 Å². The van der Waals surface area contributed by atoms with E-state index in [0.29, 0.717) is 28.8 Å². The topological polar surface area (TPSA) is 88.7 Å². The number of fused-ring (bicyclic) bond motifs is 9. The number of anilines is 1. The van der Waals surface area contributed by atoms with Crippen LogP contribution in [0.4, 0.5) is 5.69 Å². The van der Waals surface area contributed by atoms with Crippen molar-refractivity contribution >= 4 is 52.2 Å². The highest BCUT2D eigenvalue weighted by atomic mass is 35.5. The number of imide groups is 1. The summed E-state index contributed by atoms with van der Waals surface area (Å²) in [5.41, 5.74) is 2.54. The summed E-state index contributed by atoms with van der Waals surface area (Å²) >= 11 is 9.49. The number of nitrogens with zero attached hydrogens (tertiary/aromatic N) is 1. The van der Waals surface area contributed by atoms with E-state index in [1.54, 1.807) is 43.1 Å². The Morgan fingerprint density at radius 1 is 0.953 bits per heavy atom. The molecule has 2 bridgehead atoms. The molecule has 7 atom stereocenters. The smallest absolute Gasteiger partial charge is 0.305 e. The number of methoxy groups -OCH3 is 1. The number of thiazole rings is 1. The number of ether oxygens (including phenoxy) is 2. The maximum atomic E-state index is 14.1. The number of halogens is 1. The summed E-state index contributed by atoms with van der Waals surface area (Å²) < 4.78 is 11.7. The van der Waals surface area contributed by atoms with Gasteiger partial charge in [-0.05, 0) is 72.2 Å². The molecule has 2 amide bonds. The highest BCUT2D eigenvalue weighted by molar-refractivity contribution is 8.00.